The van der Waals surface area contributed by atoms with Crippen LogP contribution >= 0.6 is 11.6 Å². The number of nitrogens with one attached hydrogen (secondary N) is 2. The van der Waals surface area contributed by atoms with Crippen LogP contribution in [0.25, 0.3) is 0 Å². The molecule has 2 aromatic heterocycles. The van der Waals surface area contributed by atoms with E-state index in [0.717, 1.165) is 0 Å². The lowest BCUT2D eigenvalue weighted by Crippen LogP contribution is -2.14. The van der Waals surface area contributed by atoms with E-state index in [1.54, 1.807) is 45.2 Å². The molecule has 134 valence electrons. The number of aromatic nitrogens is 3. The highest BCUT2D eigenvalue weighted by molar-refractivity contribution is 6.34. The Morgan fingerprint density at radius 3 is 2.54 bits per heavy atom. The Morgan fingerprint density at radius 1 is 1.15 bits per heavy atom. The normalized spacial score (nSPS) is 10.6. The minimum Gasteiger partial charge on any atom is -0.359 e. The molecule has 0 aliphatic heterocycles. The largest absolute Gasteiger partial charge is 0.359 e. The number of nitrogens with zero attached hydrogens (tertiary/aromatic N) is 3. The number of hydrogen-bond donors (Lipinski definition) is 2. The fourth-order valence-electron chi connectivity index (χ4n) is 2.36. The molecule has 0 atom stereocenters. The van der Waals surface area contributed by atoms with E-state index >= 15 is 0 Å². The molecule has 0 unspecified atom stereocenters. The summed E-state index contributed by atoms with van der Waals surface area (Å²) in [5, 5.41) is 13.6. The topological polar surface area (TPSA) is 102 Å². The van der Waals surface area contributed by atoms with E-state index in [1.165, 1.54) is 10.7 Å². The number of halogens is 1. The standard InChI is InChI=1S/C17H16ClN5O3/c1-9-15(10(2)26-22-9)20-17(25)13-8-14(23(3)21-13)19-16(24)11-6-4-5-7-12(11)18/h4-8H,1-3H3,(H,19,24)(H,20,25). The highest BCUT2D eigenvalue weighted by Gasteiger charge is 2.19. The van der Waals surface area contributed by atoms with E-state index in [9.17, 15) is 9.59 Å². The van der Waals surface area contributed by atoms with Gasteiger partial charge in [0.05, 0.1) is 10.6 Å². The molecule has 2 N–H and O–H groups in total. The fourth-order valence-corrected chi connectivity index (χ4v) is 2.58. The zero-order chi connectivity index (χ0) is 18.8. The lowest BCUT2D eigenvalue weighted by molar-refractivity contribution is 0.101. The Morgan fingerprint density at radius 2 is 1.88 bits per heavy atom. The Balaban J connectivity index is 1.78. The maximum absolute atomic E-state index is 12.4. The van der Waals surface area contributed by atoms with Crippen LogP contribution in [0.2, 0.25) is 5.02 Å². The molecule has 0 radical (unpaired) electrons. The molecule has 0 aliphatic carbocycles. The second kappa shape index (κ2) is 7.01. The average molecular weight is 374 g/mol. The Hall–Kier alpha value is -3.13. The number of carbonyl (C=O) groups excluding carboxylic acids is 2. The van der Waals surface area contributed by atoms with Crippen LogP contribution in [0.15, 0.2) is 34.9 Å². The van der Waals surface area contributed by atoms with Gasteiger partial charge in [-0.25, -0.2) is 0 Å². The number of rotatable bonds is 4. The van der Waals surface area contributed by atoms with Crippen LogP contribution in [0.5, 0.6) is 0 Å². The maximum atomic E-state index is 12.4. The minimum absolute atomic E-state index is 0.141. The Labute approximate surface area is 154 Å². The molecule has 3 rings (SSSR count). The van der Waals surface area contributed by atoms with Crippen molar-refractivity contribution in [2.75, 3.05) is 10.6 Å². The molecule has 3 aromatic rings. The summed E-state index contributed by atoms with van der Waals surface area (Å²) in [6, 6.07) is 8.16. The predicted molar refractivity (Wildman–Crippen MR) is 96.5 cm³/mol. The summed E-state index contributed by atoms with van der Waals surface area (Å²) in [5.74, 6) is 0.0300. The molecule has 9 heteroatoms. The van der Waals surface area contributed by atoms with Crippen molar-refractivity contribution < 1.29 is 14.1 Å². The Bertz CT molecular complexity index is 973. The molecule has 2 heterocycles. The number of hydrogen-bond acceptors (Lipinski definition) is 5. The van der Waals surface area contributed by atoms with E-state index < -0.39 is 11.8 Å². The average Bonchev–Trinajstić information content (AvgIpc) is 3.12. The number of amides is 2. The van der Waals surface area contributed by atoms with Crippen molar-refractivity contribution in [3.05, 3.63) is 58.1 Å². The molecule has 26 heavy (non-hydrogen) atoms. The minimum atomic E-state index is -0.437. The van der Waals surface area contributed by atoms with E-state index in [2.05, 4.69) is 20.9 Å². The van der Waals surface area contributed by atoms with Gasteiger partial charge in [0.15, 0.2) is 11.5 Å². The lowest BCUT2D eigenvalue weighted by atomic mass is 10.2. The van der Waals surface area contributed by atoms with Crippen molar-refractivity contribution in [3.8, 4) is 0 Å². The zero-order valence-corrected chi connectivity index (χ0v) is 15.1. The summed E-state index contributed by atoms with van der Waals surface area (Å²) in [7, 11) is 1.62. The molecule has 1 aromatic carbocycles. The number of carbonyl (C=O) groups is 2. The first kappa shape index (κ1) is 17.7. The third-order valence-corrected chi connectivity index (χ3v) is 4.07. The first-order valence-corrected chi connectivity index (χ1v) is 8.08. The van der Waals surface area contributed by atoms with Crippen LogP contribution in [0.1, 0.15) is 32.3 Å². The number of aryl methyl sites for hydroxylation is 3. The van der Waals surface area contributed by atoms with E-state index in [1.807, 2.05) is 0 Å². The molecule has 0 saturated carbocycles. The summed E-state index contributed by atoms with van der Waals surface area (Å²) in [6.45, 7) is 3.42. The highest BCUT2D eigenvalue weighted by atomic mass is 35.5. The maximum Gasteiger partial charge on any atom is 0.276 e. The van der Waals surface area contributed by atoms with Gasteiger partial charge in [-0.3, -0.25) is 14.3 Å². The van der Waals surface area contributed by atoms with Crippen LogP contribution in [0, 0.1) is 13.8 Å². The predicted octanol–water partition coefficient (Wildman–Crippen LogP) is 3.18. The molecule has 0 spiro atoms. The van der Waals surface area contributed by atoms with Crippen molar-refractivity contribution in [2.45, 2.75) is 13.8 Å². The summed E-state index contributed by atoms with van der Waals surface area (Å²) in [6.07, 6.45) is 0. The van der Waals surface area contributed by atoms with Gasteiger partial charge in [0, 0.05) is 13.1 Å². The Kier molecular flexibility index (Phi) is 4.77. The molecule has 8 nitrogen and oxygen atoms in total. The van der Waals surface area contributed by atoms with E-state index in [4.69, 9.17) is 16.1 Å². The van der Waals surface area contributed by atoms with Gasteiger partial charge in [-0.2, -0.15) is 5.10 Å². The first-order valence-electron chi connectivity index (χ1n) is 7.71. The van der Waals surface area contributed by atoms with Gasteiger partial charge in [-0.05, 0) is 26.0 Å². The van der Waals surface area contributed by atoms with Gasteiger partial charge < -0.3 is 15.2 Å². The van der Waals surface area contributed by atoms with Crippen LogP contribution in [-0.4, -0.2) is 26.8 Å². The van der Waals surface area contributed by atoms with Crippen LogP contribution in [-0.2, 0) is 7.05 Å². The highest BCUT2D eigenvalue weighted by Crippen LogP contribution is 2.21. The smallest absolute Gasteiger partial charge is 0.276 e. The van der Waals surface area contributed by atoms with E-state index in [0.29, 0.717) is 33.5 Å². The summed E-state index contributed by atoms with van der Waals surface area (Å²) >= 11 is 6.03. The van der Waals surface area contributed by atoms with Crippen molar-refractivity contribution in [2.24, 2.45) is 7.05 Å². The molecular weight excluding hydrogens is 358 g/mol. The third kappa shape index (κ3) is 3.45. The van der Waals surface area contributed by atoms with Crippen LogP contribution in [0.4, 0.5) is 11.5 Å². The number of benzene rings is 1. The molecule has 0 fully saturated rings. The fraction of sp³-hybridized carbons (Fsp3) is 0.176. The first-order chi connectivity index (χ1) is 12.4. The van der Waals surface area contributed by atoms with E-state index in [-0.39, 0.29) is 5.69 Å². The second-order valence-corrected chi connectivity index (χ2v) is 6.03. The van der Waals surface area contributed by atoms with Gasteiger partial charge in [-0.15, -0.1) is 0 Å². The van der Waals surface area contributed by atoms with Crippen molar-refractivity contribution in [3.63, 3.8) is 0 Å². The van der Waals surface area contributed by atoms with Gasteiger partial charge in [0.1, 0.15) is 17.2 Å². The van der Waals surface area contributed by atoms with Gasteiger partial charge in [0.25, 0.3) is 11.8 Å². The zero-order valence-electron chi connectivity index (χ0n) is 14.3. The molecule has 0 bridgehead atoms. The van der Waals surface area contributed by atoms with Gasteiger partial charge in [0.2, 0.25) is 0 Å². The lowest BCUT2D eigenvalue weighted by Gasteiger charge is -2.06. The van der Waals surface area contributed by atoms with Crippen LogP contribution < -0.4 is 10.6 Å². The van der Waals surface area contributed by atoms with Crippen molar-refractivity contribution in [1.82, 2.24) is 14.9 Å². The second-order valence-electron chi connectivity index (χ2n) is 5.63. The molecule has 2 amide bonds. The molecule has 0 saturated heterocycles. The van der Waals surface area contributed by atoms with Gasteiger partial charge in [-0.1, -0.05) is 28.9 Å². The summed E-state index contributed by atoms with van der Waals surface area (Å²) in [5.41, 5.74) is 1.54. The molecule has 0 aliphatic rings. The third-order valence-electron chi connectivity index (χ3n) is 3.74. The van der Waals surface area contributed by atoms with Crippen LogP contribution in [0.3, 0.4) is 0 Å². The SMILES string of the molecule is Cc1noc(C)c1NC(=O)c1cc(NC(=O)c2ccccc2Cl)n(C)n1. The van der Waals surface area contributed by atoms with Gasteiger partial charge >= 0.3 is 0 Å². The monoisotopic (exact) mass is 373 g/mol. The summed E-state index contributed by atoms with van der Waals surface area (Å²) in [4.78, 5) is 24.8. The molecular formula is C17H16ClN5O3. The van der Waals surface area contributed by atoms with Crippen molar-refractivity contribution >= 4 is 34.9 Å². The quantitative estimate of drug-likeness (QED) is 0.731. The summed E-state index contributed by atoms with van der Waals surface area (Å²) < 4.78 is 6.41. The van der Waals surface area contributed by atoms with Crippen molar-refractivity contribution in [1.29, 1.82) is 0 Å². The number of anilines is 2.